The molecule has 86 valence electrons. The van der Waals surface area contributed by atoms with Crippen molar-refractivity contribution < 1.29 is 0 Å². The van der Waals surface area contributed by atoms with Crippen molar-refractivity contribution in [2.24, 2.45) is 0 Å². The minimum atomic E-state index is 0.505. The molecule has 1 aromatic heterocycles. The second-order valence-corrected chi connectivity index (χ2v) is 5.17. The van der Waals surface area contributed by atoms with Crippen molar-refractivity contribution >= 4 is 17.4 Å². The van der Waals surface area contributed by atoms with Gasteiger partial charge in [0.05, 0.1) is 0 Å². The molecular formula is C11H15ClN4. The molecule has 5 heteroatoms. The standard InChI is InChI=1S/C11H15ClN4/c1-7-3-10(13-14-11(7)12)16-6-8-4-9(16)5-15(8)2/h3,8-9H,4-6H2,1-2H3/t8-,9-/m1/s1. The summed E-state index contributed by atoms with van der Waals surface area (Å²) in [5, 5.41) is 8.68. The molecule has 2 fully saturated rings. The van der Waals surface area contributed by atoms with Crippen molar-refractivity contribution in [3.8, 4) is 0 Å². The van der Waals surface area contributed by atoms with Crippen LogP contribution in [0.15, 0.2) is 6.07 Å². The van der Waals surface area contributed by atoms with E-state index in [0.717, 1.165) is 24.5 Å². The average Bonchev–Trinajstić information content (AvgIpc) is 2.80. The Balaban J connectivity index is 1.87. The number of aryl methyl sites for hydroxylation is 1. The van der Waals surface area contributed by atoms with Crippen LogP contribution < -0.4 is 4.90 Å². The molecule has 4 nitrogen and oxygen atoms in total. The van der Waals surface area contributed by atoms with E-state index >= 15 is 0 Å². The molecule has 0 amide bonds. The molecule has 0 spiro atoms. The van der Waals surface area contributed by atoms with Crippen LogP contribution in [0.2, 0.25) is 5.15 Å². The second-order valence-electron chi connectivity index (χ2n) is 4.81. The van der Waals surface area contributed by atoms with Crippen molar-refractivity contribution in [3.05, 3.63) is 16.8 Å². The molecule has 1 aromatic rings. The Morgan fingerprint density at radius 3 is 2.69 bits per heavy atom. The first-order valence-corrected chi connectivity index (χ1v) is 5.99. The van der Waals surface area contributed by atoms with Crippen LogP contribution in [-0.2, 0) is 0 Å². The van der Waals surface area contributed by atoms with Crippen LogP contribution in [0.4, 0.5) is 5.82 Å². The van der Waals surface area contributed by atoms with E-state index in [9.17, 15) is 0 Å². The molecule has 0 N–H and O–H groups in total. The number of aromatic nitrogens is 2. The number of hydrogen-bond donors (Lipinski definition) is 0. The zero-order valence-corrected chi connectivity index (χ0v) is 10.3. The number of nitrogens with zero attached hydrogens (tertiary/aromatic N) is 4. The minimum Gasteiger partial charge on any atom is -0.349 e. The molecule has 0 radical (unpaired) electrons. The number of likely N-dealkylation sites (N-methyl/N-ethyl adjacent to an activating group) is 1. The SMILES string of the molecule is Cc1cc(N2C[C@H]3C[C@@H]2CN3C)nnc1Cl. The van der Waals surface area contributed by atoms with Crippen LogP contribution in [-0.4, -0.2) is 47.3 Å². The third-order valence-corrected chi connectivity index (χ3v) is 4.09. The highest BCUT2D eigenvalue weighted by Gasteiger charge is 2.42. The van der Waals surface area contributed by atoms with E-state index in [1.54, 1.807) is 0 Å². The smallest absolute Gasteiger partial charge is 0.154 e. The minimum absolute atomic E-state index is 0.505. The third-order valence-electron chi connectivity index (χ3n) is 3.72. The highest BCUT2D eigenvalue weighted by molar-refractivity contribution is 6.30. The summed E-state index contributed by atoms with van der Waals surface area (Å²) < 4.78 is 0. The third kappa shape index (κ3) is 1.48. The van der Waals surface area contributed by atoms with Crippen LogP contribution >= 0.6 is 11.6 Å². The molecule has 2 aliphatic rings. The zero-order chi connectivity index (χ0) is 11.3. The van der Waals surface area contributed by atoms with Gasteiger partial charge in [0.2, 0.25) is 0 Å². The summed E-state index contributed by atoms with van der Waals surface area (Å²) in [6, 6.07) is 3.32. The summed E-state index contributed by atoms with van der Waals surface area (Å²) in [5.41, 5.74) is 1.00. The maximum Gasteiger partial charge on any atom is 0.154 e. The van der Waals surface area contributed by atoms with Gasteiger partial charge >= 0.3 is 0 Å². The van der Waals surface area contributed by atoms with Gasteiger partial charge in [-0.1, -0.05) is 11.6 Å². The number of piperazine rings is 1. The highest BCUT2D eigenvalue weighted by atomic mass is 35.5. The van der Waals surface area contributed by atoms with Crippen LogP contribution in [0.5, 0.6) is 0 Å². The maximum atomic E-state index is 5.89. The number of halogens is 1. The number of fused-ring (bicyclic) bond motifs is 2. The van der Waals surface area contributed by atoms with Gasteiger partial charge in [-0.2, -0.15) is 0 Å². The van der Waals surface area contributed by atoms with Crippen molar-refractivity contribution in [1.29, 1.82) is 0 Å². The largest absolute Gasteiger partial charge is 0.349 e. The molecule has 3 heterocycles. The molecule has 2 atom stereocenters. The van der Waals surface area contributed by atoms with E-state index in [2.05, 4.69) is 27.0 Å². The van der Waals surface area contributed by atoms with Crippen LogP contribution in [0, 0.1) is 6.92 Å². The summed E-state index contributed by atoms with van der Waals surface area (Å²) in [7, 11) is 2.20. The zero-order valence-electron chi connectivity index (χ0n) is 9.52. The van der Waals surface area contributed by atoms with Crippen molar-refractivity contribution in [2.75, 3.05) is 25.0 Å². The van der Waals surface area contributed by atoms with E-state index in [1.807, 2.05) is 13.0 Å². The Kier molecular flexibility index (Phi) is 2.30. The van der Waals surface area contributed by atoms with Gasteiger partial charge in [-0.05, 0) is 32.0 Å². The molecular weight excluding hydrogens is 224 g/mol. The van der Waals surface area contributed by atoms with Crippen LogP contribution in [0.1, 0.15) is 12.0 Å². The summed E-state index contributed by atoms with van der Waals surface area (Å²) in [6.45, 7) is 4.17. The van der Waals surface area contributed by atoms with Crippen molar-refractivity contribution in [1.82, 2.24) is 15.1 Å². The lowest BCUT2D eigenvalue weighted by atomic mass is 10.2. The summed E-state index contributed by atoms with van der Waals surface area (Å²) in [6.07, 6.45) is 1.25. The fourth-order valence-electron chi connectivity index (χ4n) is 2.74. The van der Waals surface area contributed by atoms with E-state index < -0.39 is 0 Å². The molecule has 0 saturated carbocycles. The van der Waals surface area contributed by atoms with Crippen molar-refractivity contribution in [3.63, 3.8) is 0 Å². The normalized spacial score (nSPS) is 29.1. The monoisotopic (exact) mass is 238 g/mol. The quantitative estimate of drug-likeness (QED) is 0.739. The average molecular weight is 239 g/mol. The number of anilines is 1. The lowest BCUT2D eigenvalue weighted by molar-refractivity contribution is 0.292. The topological polar surface area (TPSA) is 32.3 Å². The van der Waals surface area contributed by atoms with Crippen molar-refractivity contribution in [2.45, 2.75) is 25.4 Å². The number of rotatable bonds is 1. The molecule has 2 bridgehead atoms. The van der Waals surface area contributed by atoms with Gasteiger partial charge in [0, 0.05) is 25.2 Å². The lowest BCUT2D eigenvalue weighted by Gasteiger charge is -2.32. The van der Waals surface area contributed by atoms with Crippen LogP contribution in [0.25, 0.3) is 0 Å². The van der Waals surface area contributed by atoms with Gasteiger partial charge in [-0.3, -0.25) is 4.90 Å². The van der Waals surface area contributed by atoms with Gasteiger partial charge in [-0.15, -0.1) is 10.2 Å². The molecule has 2 aliphatic heterocycles. The number of hydrogen-bond acceptors (Lipinski definition) is 4. The Bertz CT molecular complexity index is 420. The van der Waals surface area contributed by atoms with E-state index in [1.165, 1.54) is 6.42 Å². The Hall–Kier alpha value is -0.870. The fraction of sp³-hybridized carbons (Fsp3) is 0.636. The van der Waals surface area contributed by atoms with Gasteiger partial charge in [0.25, 0.3) is 0 Å². The molecule has 3 rings (SSSR count). The second kappa shape index (κ2) is 3.57. The molecule has 0 unspecified atom stereocenters. The molecule has 0 aromatic carbocycles. The first-order valence-electron chi connectivity index (χ1n) is 5.62. The first kappa shape index (κ1) is 10.3. The van der Waals surface area contributed by atoms with Gasteiger partial charge in [0.15, 0.2) is 11.0 Å². The molecule has 16 heavy (non-hydrogen) atoms. The predicted octanol–water partition coefficient (Wildman–Crippen LogP) is 1.33. The Morgan fingerprint density at radius 1 is 1.31 bits per heavy atom. The van der Waals surface area contributed by atoms with Gasteiger partial charge < -0.3 is 4.90 Å². The Labute approximate surface area is 100 Å². The fourth-order valence-corrected chi connectivity index (χ4v) is 2.84. The van der Waals surface area contributed by atoms with Crippen LogP contribution in [0.3, 0.4) is 0 Å². The van der Waals surface area contributed by atoms with Gasteiger partial charge in [0.1, 0.15) is 0 Å². The lowest BCUT2D eigenvalue weighted by Crippen LogP contribution is -2.45. The highest BCUT2D eigenvalue weighted by Crippen LogP contribution is 2.32. The summed E-state index contributed by atoms with van der Waals surface area (Å²) in [4.78, 5) is 4.79. The molecule has 2 saturated heterocycles. The maximum absolute atomic E-state index is 5.89. The molecule has 0 aliphatic carbocycles. The van der Waals surface area contributed by atoms with E-state index in [0.29, 0.717) is 17.2 Å². The van der Waals surface area contributed by atoms with E-state index in [-0.39, 0.29) is 0 Å². The number of likely N-dealkylation sites (tertiary alicyclic amines) is 1. The summed E-state index contributed by atoms with van der Waals surface area (Å²) >= 11 is 5.89. The summed E-state index contributed by atoms with van der Waals surface area (Å²) in [5.74, 6) is 0.975. The predicted molar refractivity (Wildman–Crippen MR) is 63.9 cm³/mol. The van der Waals surface area contributed by atoms with E-state index in [4.69, 9.17) is 11.6 Å². The van der Waals surface area contributed by atoms with Gasteiger partial charge in [-0.25, -0.2) is 0 Å². The Morgan fingerprint density at radius 2 is 2.12 bits per heavy atom. The first-order chi connectivity index (χ1) is 7.65.